The van der Waals surface area contributed by atoms with E-state index in [0.29, 0.717) is 47.7 Å². The largest absolute Gasteiger partial charge is 0.385 e. The average molecular weight is 391 g/mol. The van der Waals surface area contributed by atoms with E-state index in [-0.39, 0.29) is 11.8 Å². The molecule has 0 aliphatic carbocycles. The van der Waals surface area contributed by atoms with Gasteiger partial charge in [0.25, 0.3) is 11.8 Å². The van der Waals surface area contributed by atoms with Crippen molar-refractivity contribution in [3.63, 3.8) is 0 Å². The van der Waals surface area contributed by atoms with E-state index < -0.39 is 0 Å². The third-order valence-electron chi connectivity index (χ3n) is 5.19. The van der Waals surface area contributed by atoms with E-state index in [4.69, 9.17) is 16.3 Å². The number of hydrogen-bond donors (Lipinski definition) is 0. The maximum absolute atomic E-state index is 13.2. The molecular formula is C21H27ClN2O3. The van der Waals surface area contributed by atoms with Gasteiger partial charge in [0.1, 0.15) is 5.70 Å². The SMILES string of the molecule is COCCCN1C(=O)C(c2ccc(Cl)cc2)=C(N2CC(C)CC(C)C2)C1=O. The molecule has 2 aliphatic rings. The van der Waals surface area contributed by atoms with Gasteiger partial charge >= 0.3 is 0 Å². The molecule has 1 aromatic rings. The normalized spacial score (nSPS) is 23.6. The lowest BCUT2D eigenvalue weighted by Gasteiger charge is -2.37. The Hall–Kier alpha value is -1.85. The third-order valence-corrected chi connectivity index (χ3v) is 5.44. The minimum Gasteiger partial charge on any atom is -0.385 e. The van der Waals surface area contributed by atoms with E-state index >= 15 is 0 Å². The quantitative estimate of drug-likeness (QED) is 0.551. The summed E-state index contributed by atoms with van der Waals surface area (Å²) < 4.78 is 5.08. The molecule has 2 heterocycles. The van der Waals surface area contributed by atoms with E-state index in [0.717, 1.165) is 25.1 Å². The van der Waals surface area contributed by atoms with Gasteiger partial charge < -0.3 is 9.64 Å². The van der Waals surface area contributed by atoms with Crippen LogP contribution in [0.3, 0.4) is 0 Å². The van der Waals surface area contributed by atoms with E-state index in [2.05, 4.69) is 18.7 Å². The molecule has 2 atom stereocenters. The van der Waals surface area contributed by atoms with Crippen LogP contribution >= 0.6 is 11.6 Å². The summed E-state index contributed by atoms with van der Waals surface area (Å²) in [7, 11) is 1.62. The molecule has 3 rings (SSSR count). The molecule has 0 saturated carbocycles. The Bertz CT molecular complexity index is 734. The maximum Gasteiger partial charge on any atom is 0.277 e. The van der Waals surface area contributed by atoms with E-state index in [1.807, 2.05) is 12.1 Å². The summed E-state index contributed by atoms with van der Waals surface area (Å²) in [6.07, 6.45) is 1.77. The topological polar surface area (TPSA) is 49.9 Å². The molecule has 0 N–H and O–H groups in total. The fourth-order valence-corrected chi connectivity index (χ4v) is 4.27. The van der Waals surface area contributed by atoms with Gasteiger partial charge in [-0.3, -0.25) is 14.5 Å². The van der Waals surface area contributed by atoms with Crippen LogP contribution in [0.1, 0.15) is 32.3 Å². The van der Waals surface area contributed by atoms with Gasteiger partial charge in [0.05, 0.1) is 5.57 Å². The van der Waals surface area contributed by atoms with Gasteiger partial charge in [-0.2, -0.15) is 0 Å². The molecule has 5 nitrogen and oxygen atoms in total. The number of ether oxygens (including phenoxy) is 1. The number of imide groups is 1. The van der Waals surface area contributed by atoms with Gasteiger partial charge in [0, 0.05) is 38.4 Å². The Morgan fingerprint density at radius 1 is 1.07 bits per heavy atom. The van der Waals surface area contributed by atoms with Crippen LogP contribution < -0.4 is 0 Å². The maximum atomic E-state index is 13.2. The lowest BCUT2D eigenvalue weighted by Crippen LogP contribution is -2.42. The molecule has 1 saturated heterocycles. The molecule has 2 aliphatic heterocycles. The summed E-state index contributed by atoms with van der Waals surface area (Å²) in [4.78, 5) is 29.8. The van der Waals surface area contributed by atoms with Gasteiger partial charge in [0.2, 0.25) is 0 Å². The minimum atomic E-state index is -0.223. The molecule has 1 fully saturated rings. The molecule has 27 heavy (non-hydrogen) atoms. The van der Waals surface area contributed by atoms with Gasteiger partial charge in [0.15, 0.2) is 0 Å². The number of nitrogens with zero attached hydrogens (tertiary/aromatic N) is 2. The molecule has 0 radical (unpaired) electrons. The number of amides is 2. The van der Waals surface area contributed by atoms with Gasteiger partial charge in [-0.25, -0.2) is 0 Å². The van der Waals surface area contributed by atoms with Crippen molar-refractivity contribution in [3.05, 3.63) is 40.5 Å². The molecule has 146 valence electrons. The van der Waals surface area contributed by atoms with Crippen molar-refractivity contribution < 1.29 is 14.3 Å². The van der Waals surface area contributed by atoms with Crippen LogP contribution in [0, 0.1) is 11.8 Å². The lowest BCUT2D eigenvalue weighted by molar-refractivity contribution is -0.137. The van der Waals surface area contributed by atoms with Crippen LogP contribution in [-0.4, -0.2) is 55.0 Å². The summed E-state index contributed by atoms with van der Waals surface area (Å²) in [5, 5.41) is 0.606. The number of benzene rings is 1. The molecule has 2 unspecified atom stereocenters. The smallest absolute Gasteiger partial charge is 0.277 e. The number of carbonyl (C=O) groups is 2. The standard InChI is InChI=1S/C21H27ClN2O3/c1-14-11-15(2)13-23(12-14)19-18(16-5-7-17(22)8-6-16)20(25)24(21(19)26)9-4-10-27-3/h5-8,14-15H,4,9-13H2,1-3H3. The van der Waals surface area contributed by atoms with Crippen molar-refractivity contribution in [1.82, 2.24) is 9.80 Å². The zero-order valence-corrected chi connectivity index (χ0v) is 17.0. The molecule has 1 aromatic carbocycles. The highest BCUT2D eigenvalue weighted by Crippen LogP contribution is 2.35. The zero-order valence-electron chi connectivity index (χ0n) is 16.2. The first-order valence-corrected chi connectivity index (χ1v) is 9.90. The Morgan fingerprint density at radius 2 is 1.70 bits per heavy atom. The number of rotatable bonds is 6. The van der Waals surface area contributed by atoms with E-state index in [1.54, 1.807) is 19.2 Å². The second kappa shape index (κ2) is 8.44. The van der Waals surface area contributed by atoms with Gasteiger partial charge in [-0.1, -0.05) is 37.6 Å². The average Bonchev–Trinajstić information content (AvgIpc) is 2.86. The van der Waals surface area contributed by atoms with Crippen LogP contribution in [0.15, 0.2) is 30.0 Å². The van der Waals surface area contributed by atoms with Gasteiger partial charge in [-0.05, 0) is 42.4 Å². The fourth-order valence-electron chi connectivity index (χ4n) is 4.15. The van der Waals surface area contributed by atoms with Crippen LogP contribution in [0.25, 0.3) is 5.57 Å². The zero-order chi connectivity index (χ0) is 19.6. The second-order valence-electron chi connectivity index (χ2n) is 7.69. The predicted molar refractivity (Wildman–Crippen MR) is 106 cm³/mol. The number of methoxy groups -OCH3 is 1. The van der Waals surface area contributed by atoms with Crippen molar-refractivity contribution in [2.45, 2.75) is 26.7 Å². The number of likely N-dealkylation sites (tertiary alicyclic amines) is 1. The molecular weight excluding hydrogens is 364 g/mol. The fraction of sp³-hybridized carbons (Fsp3) is 0.524. The Morgan fingerprint density at radius 3 is 2.30 bits per heavy atom. The molecule has 2 amide bonds. The summed E-state index contributed by atoms with van der Waals surface area (Å²) >= 11 is 6.02. The summed E-state index contributed by atoms with van der Waals surface area (Å²) in [5.41, 5.74) is 1.78. The first-order chi connectivity index (χ1) is 12.9. The van der Waals surface area contributed by atoms with Crippen LogP contribution in [0.2, 0.25) is 5.02 Å². The van der Waals surface area contributed by atoms with Crippen molar-refractivity contribution in [2.75, 3.05) is 33.4 Å². The number of carbonyl (C=O) groups excluding carboxylic acids is 2. The summed E-state index contributed by atoms with van der Waals surface area (Å²) in [6, 6.07) is 7.15. The lowest BCUT2D eigenvalue weighted by atomic mass is 9.91. The summed E-state index contributed by atoms with van der Waals surface area (Å²) in [5.74, 6) is 0.554. The number of halogens is 1. The van der Waals surface area contributed by atoms with Crippen LogP contribution in [-0.2, 0) is 14.3 Å². The van der Waals surface area contributed by atoms with Crippen molar-refractivity contribution in [1.29, 1.82) is 0 Å². The Labute approximate surface area is 165 Å². The number of piperidine rings is 1. The predicted octanol–water partition coefficient (Wildman–Crippen LogP) is 3.43. The third kappa shape index (κ3) is 4.19. The second-order valence-corrected chi connectivity index (χ2v) is 8.13. The Balaban J connectivity index is 1.99. The highest BCUT2D eigenvalue weighted by molar-refractivity contribution is 6.36. The highest BCUT2D eigenvalue weighted by Gasteiger charge is 2.42. The van der Waals surface area contributed by atoms with Crippen LogP contribution in [0.5, 0.6) is 0 Å². The molecule has 0 aromatic heterocycles. The molecule has 6 heteroatoms. The van der Waals surface area contributed by atoms with E-state index in [1.165, 1.54) is 4.90 Å². The molecule has 0 spiro atoms. The number of hydrogen-bond acceptors (Lipinski definition) is 4. The van der Waals surface area contributed by atoms with Crippen molar-refractivity contribution >= 4 is 29.0 Å². The first-order valence-electron chi connectivity index (χ1n) is 9.52. The van der Waals surface area contributed by atoms with Crippen molar-refractivity contribution in [2.24, 2.45) is 11.8 Å². The minimum absolute atomic E-state index is 0.192. The summed E-state index contributed by atoms with van der Waals surface area (Å²) in [6.45, 7) is 6.86. The molecule has 0 bridgehead atoms. The van der Waals surface area contributed by atoms with E-state index in [9.17, 15) is 9.59 Å². The monoisotopic (exact) mass is 390 g/mol. The van der Waals surface area contributed by atoms with Crippen molar-refractivity contribution in [3.8, 4) is 0 Å². The van der Waals surface area contributed by atoms with Crippen LogP contribution in [0.4, 0.5) is 0 Å². The Kier molecular flexibility index (Phi) is 6.22. The highest BCUT2D eigenvalue weighted by atomic mass is 35.5. The first kappa shape index (κ1) is 19.9. The van der Waals surface area contributed by atoms with Gasteiger partial charge in [-0.15, -0.1) is 0 Å².